The second-order valence-electron chi connectivity index (χ2n) is 3.25. The van der Waals surface area contributed by atoms with Crippen LogP contribution >= 0.6 is 11.6 Å². The largest absolute Gasteiger partial charge is 0.460 e. The fourth-order valence-electron chi connectivity index (χ4n) is 1.17. The Morgan fingerprint density at radius 2 is 1.72 bits per heavy atom. The van der Waals surface area contributed by atoms with Crippen LogP contribution in [-0.4, -0.2) is 53.7 Å². The first-order valence-corrected chi connectivity index (χ1v) is 5.41. The number of esters is 1. The van der Waals surface area contributed by atoms with E-state index in [0.29, 0.717) is 10.6 Å². The van der Waals surface area contributed by atoms with Gasteiger partial charge in [-0.05, 0) is 31.2 Å². The molecule has 0 heterocycles. The summed E-state index contributed by atoms with van der Waals surface area (Å²) in [6.45, 7) is 1.70. The van der Waals surface area contributed by atoms with E-state index in [0.717, 1.165) is 0 Å². The van der Waals surface area contributed by atoms with E-state index in [1.165, 1.54) is 12.1 Å². The second-order valence-corrected chi connectivity index (χ2v) is 3.69. The van der Waals surface area contributed by atoms with E-state index >= 15 is 0 Å². The zero-order chi connectivity index (χ0) is 12.8. The quantitative estimate of drug-likeness (QED) is 0.270. The van der Waals surface area contributed by atoms with Crippen molar-refractivity contribution in [3.63, 3.8) is 0 Å². The molecule has 0 aliphatic rings. The summed E-state index contributed by atoms with van der Waals surface area (Å²) in [6, 6.07) is 6.10. The third-order valence-corrected chi connectivity index (χ3v) is 2.24. The van der Waals surface area contributed by atoms with Crippen LogP contribution in [0.25, 0.3) is 0 Å². The summed E-state index contributed by atoms with van der Waals surface area (Å²) < 4.78 is 4.50. The van der Waals surface area contributed by atoms with Gasteiger partial charge >= 0.3 is 5.97 Å². The Labute approximate surface area is 132 Å². The van der Waals surface area contributed by atoms with Gasteiger partial charge in [0.25, 0.3) is 0 Å². The molecule has 0 unspecified atom stereocenters. The van der Waals surface area contributed by atoms with E-state index in [1.54, 1.807) is 19.1 Å². The van der Waals surface area contributed by atoms with Crippen LogP contribution in [0.4, 0.5) is 0 Å². The van der Waals surface area contributed by atoms with Crippen LogP contribution in [0.3, 0.4) is 0 Å². The maximum Gasteiger partial charge on any atom is 0.375 e. The first-order valence-electron chi connectivity index (χ1n) is 5.03. The van der Waals surface area contributed by atoms with Crippen molar-refractivity contribution in [3.8, 4) is 0 Å². The first kappa shape index (κ1) is 17.3. The fraction of sp³-hybridized carbons (Fsp3) is 0.250. The van der Waals surface area contributed by atoms with Crippen LogP contribution in [0.5, 0.6) is 0 Å². The smallest absolute Gasteiger partial charge is 0.375 e. The molecule has 18 heavy (non-hydrogen) atoms. The van der Waals surface area contributed by atoms with Gasteiger partial charge in [-0.25, -0.2) is 4.79 Å². The molecule has 0 saturated heterocycles. The number of ketones is 2. The molecule has 0 bridgehead atoms. The number of hydrogen-bond acceptors (Lipinski definition) is 4. The number of rotatable bonds is 5. The maximum absolute atomic E-state index is 11.6. The van der Waals surface area contributed by atoms with Crippen LogP contribution in [0.2, 0.25) is 5.02 Å². The van der Waals surface area contributed by atoms with Crippen molar-refractivity contribution in [3.05, 3.63) is 34.9 Å². The standard InChI is InChI=1S/C12H11ClO4.Na/c1-2-17-12(16)11(15)7-10(14)8-3-5-9(13)6-4-8;/h3-6H,2,7H2,1H3;. The van der Waals surface area contributed by atoms with Crippen molar-refractivity contribution in [1.29, 1.82) is 0 Å². The zero-order valence-corrected chi connectivity index (χ0v) is 13.0. The van der Waals surface area contributed by atoms with Crippen LogP contribution in [-0.2, 0) is 14.3 Å². The summed E-state index contributed by atoms with van der Waals surface area (Å²) in [4.78, 5) is 33.9. The van der Waals surface area contributed by atoms with Gasteiger partial charge in [0.15, 0.2) is 5.78 Å². The van der Waals surface area contributed by atoms with E-state index < -0.39 is 24.0 Å². The summed E-state index contributed by atoms with van der Waals surface area (Å²) in [5.74, 6) is -2.25. The number of hydrogen-bond donors (Lipinski definition) is 0. The molecule has 0 spiro atoms. The molecule has 6 heteroatoms. The van der Waals surface area contributed by atoms with Gasteiger partial charge in [-0.15, -0.1) is 0 Å². The molecule has 1 aromatic carbocycles. The molecule has 0 fully saturated rings. The average molecular weight is 278 g/mol. The van der Waals surface area contributed by atoms with Gasteiger partial charge in [0, 0.05) is 40.1 Å². The molecule has 1 radical (unpaired) electrons. The number of ether oxygens (including phenoxy) is 1. The second kappa shape index (κ2) is 8.43. The van der Waals surface area contributed by atoms with Crippen LogP contribution in [0.15, 0.2) is 24.3 Å². The van der Waals surface area contributed by atoms with Crippen LogP contribution < -0.4 is 0 Å². The molecule has 4 nitrogen and oxygen atoms in total. The van der Waals surface area contributed by atoms with Crippen molar-refractivity contribution >= 4 is 58.7 Å². The van der Waals surface area contributed by atoms with Gasteiger partial charge in [0.05, 0.1) is 13.0 Å². The summed E-state index contributed by atoms with van der Waals surface area (Å²) in [7, 11) is 0. The molecule has 0 aliphatic heterocycles. The van der Waals surface area contributed by atoms with E-state index in [4.69, 9.17) is 11.6 Å². The number of Topliss-reactive ketones (excluding diaryl/α,β-unsaturated/α-hetero) is 2. The molecular formula is C12H11ClNaO4. The fourth-order valence-corrected chi connectivity index (χ4v) is 1.29. The normalized spacial score (nSPS) is 9.22. The summed E-state index contributed by atoms with van der Waals surface area (Å²) in [5, 5.41) is 0.498. The third-order valence-electron chi connectivity index (χ3n) is 1.99. The zero-order valence-electron chi connectivity index (χ0n) is 10.2. The molecule has 1 aromatic rings. The van der Waals surface area contributed by atoms with Gasteiger partial charge in [0.2, 0.25) is 5.78 Å². The van der Waals surface area contributed by atoms with Gasteiger partial charge in [0.1, 0.15) is 0 Å². The number of carbonyl (C=O) groups excluding carboxylic acids is 3. The molecule has 0 saturated carbocycles. The van der Waals surface area contributed by atoms with E-state index in [-0.39, 0.29) is 36.2 Å². The van der Waals surface area contributed by atoms with Crippen molar-refractivity contribution in [1.82, 2.24) is 0 Å². The Morgan fingerprint density at radius 1 is 1.17 bits per heavy atom. The minimum Gasteiger partial charge on any atom is -0.460 e. The summed E-state index contributed by atoms with van der Waals surface area (Å²) in [6.07, 6.45) is -0.486. The molecule has 0 aliphatic carbocycles. The Hall–Kier alpha value is -0.680. The summed E-state index contributed by atoms with van der Waals surface area (Å²) >= 11 is 5.66. The molecule has 0 amide bonds. The van der Waals surface area contributed by atoms with Crippen LogP contribution in [0, 0.1) is 0 Å². The average Bonchev–Trinajstić information content (AvgIpc) is 2.30. The number of halogens is 1. The van der Waals surface area contributed by atoms with Gasteiger partial charge < -0.3 is 4.74 Å². The monoisotopic (exact) mass is 277 g/mol. The van der Waals surface area contributed by atoms with Gasteiger partial charge in [-0.1, -0.05) is 11.6 Å². The molecule has 0 aromatic heterocycles. The SMILES string of the molecule is CCOC(=O)C(=O)CC(=O)c1ccc(Cl)cc1.[Na]. The molecule has 1 rings (SSSR count). The molecular weight excluding hydrogens is 267 g/mol. The predicted molar refractivity (Wildman–Crippen MR) is 67.8 cm³/mol. The Kier molecular flexibility index (Phi) is 8.11. The van der Waals surface area contributed by atoms with Gasteiger partial charge in [-0.3, -0.25) is 9.59 Å². The van der Waals surface area contributed by atoms with E-state index in [2.05, 4.69) is 4.74 Å². The number of carbonyl (C=O) groups is 3. The van der Waals surface area contributed by atoms with Crippen molar-refractivity contribution in [2.24, 2.45) is 0 Å². The topological polar surface area (TPSA) is 60.4 Å². The van der Waals surface area contributed by atoms with Crippen molar-refractivity contribution in [2.45, 2.75) is 13.3 Å². The van der Waals surface area contributed by atoms with Crippen molar-refractivity contribution < 1.29 is 19.1 Å². The van der Waals surface area contributed by atoms with Crippen molar-refractivity contribution in [2.75, 3.05) is 6.61 Å². The van der Waals surface area contributed by atoms with E-state index in [9.17, 15) is 14.4 Å². The minimum atomic E-state index is -0.977. The maximum atomic E-state index is 11.6. The first-order chi connectivity index (χ1) is 8.04. The molecule has 0 N–H and O–H groups in total. The Balaban J connectivity index is 0.00000289. The molecule has 0 atom stereocenters. The van der Waals surface area contributed by atoms with Crippen LogP contribution in [0.1, 0.15) is 23.7 Å². The Morgan fingerprint density at radius 3 is 2.22 bits per heavy atom. The van der Waals surface area contributed by atoms with Gasteiger partial charge in [-0.2, -0.15) is 0 Å². The molecule has 91 valence electrons. The Bertz CT molecular complexity index is 442. The van der Waals surface area contributed by atoms with E-state index in [1.807, 2.05) is 0 Å². The third kappa shape index (κ3) is 5.31. The summed E-state index contributed by atoms with van der Waals surface area (Å²) in [5.41, 5.74) is 0.340. The minimum absolute atomic E-state index is 0. The predicted octanol–water partition coefficient (Wildman–Crippen LogP) is 1.66. The number of benzene rings is 1.